The van der Waals surface area contributed by atoms with Crippen LogP contribution < -0.4 is 0 Å². The van der Waals surface area contributed by atoms with Gasteiger partial charge in [0, 0.05) is 9.93 Å². The number of nitrogens with zero attached hydrogens (tertiary/aromatic N) is 3. The molecule has 0 saturated carbocycles. The van der Waals surface area contributed by atoms with E-state index in [1.54, 1.807) is 30.3 Å². The predicted octanol–water partition coefficient (Wildman–Crippen LogP) is 3.19. The average Bonchev–Trinajstić information content (AvgIpc) is 2.17. The summed E-state index contributed by atoms with van der Waals surface area (Å²) in [6.07, 6.45) is 2.75. The minimum atomic E-state index is -0.623. The van der Waals surface area contributed by atoms with Crippen molar-refractivity contribution in [1.82, 2.24) is 0 Å². The number of hydrogen-bond donors (Lipinski definition) is 0. The lowest BCUT2D eigenvalue weighted by Gasteiger charge is -1.91. The van der Waals surface area contributed by atoms with Crippen molar-refractivity contribution in [1.29, 1.82) is 0 Å². The molecule has 1 amide bonds. The summed E-state index contributed by atoms with van der Waals surface area (Å²) in [6.45, 7) is 0. The van der Waals surface area contributed by atoms with Crippen LogP contribution in [0.3, 0.4) is 0 Å². The van der Waals surface area contributed by atoms with Gasteiger partial charge in [0.2, 0.25) is 5.91 Å². The molecule has 0 bridgehead atoms. The summed E-state index contributed by atoms with van der Waals surface area (Å²) in [7, 11) is 0. The highest BCUT2D eigenvalue weighted by Gasteiger charge is 1.90. The normalized spacial score (nSPS) is 9.79. The van der Waals surface area contributed by atoms with E-state index in [0.29, 0.717) is 5.02 Å². The number of rotatable bonds is 2. The van der Waals surface area contributed by atoms with E-state index in [1.165, 1.54) is 6.08 Å². The first kappa shape index (κ1) is 10.3. The summed E-state index contributed by atoms with van der Waals surface area (Å²) < 4.78 is 0. The maximum absolute atomic E-state index is 10.8. The Balaban J connectivity index is 2.73. The molecular formula is C9H6ClN3O. The molecule has 5 heteroatoms. The van der Waals surface area contributed by atoms with Crippen LogP contribution >= 0.6 is 11.6 Å². The van der Waals surface area contributed by atoms with E-state index in [2.05, 4.69) is 10.0 Å². The number of hydrogen-bond acceptors (Lipinski definition) is 1. The summed E-state index contributed by atoms with van der Waals surface area (Å²) in [4.78, 5) is 13.1. The molecular weight excluding hydrogens is 202 g/mol. The van der Waals surface area contributed by atoms with E-state index >= 15 is 0 Å². The molecule has 0 heterocycles. The highest BCUT2D eigenvalue weighted by Crippen LogP contribution is 2.10. The first-order valence-corrected chi connectivity index (χ1v) is 4.13. The predicted molar refractivity (Wildman–Crippen MR) is 54.6 cm³/mol. The molecule has 0 aromatic heterocycles. The second-order valence-electron chi connectivity index (χ2n) is 2.41. The van der Waals surface area contributed by atoms with E-state index in [-0.39, 0.29) is 0 Å². The van der Waals surface area contributed by atoms with Gasteiger partial charge >= 0.3 is 0 Å². The van der Waals surface area contributed by atoms with Crippen LogP contribution in [0.15, 0.2) is 35.5 Å². The van der Waals surface area contributed by atoms with Crippen molar-refractivity contribution >= 4 is 23.6 Å². The topological polar surface area (TPSA) is 65.8 Å². The standard InChI is InChI=1S/C9H6ClN3O/c10-8-4-1-7(2-5-8)3-6-9(14)12-13-11/h1-6H/b6-3+. The Labute approximate surface area is 85.4 Å². The summed E-state index contributed by atoms with van der Waals surface area (Å²) in [6, 6.07) is 6.92. The molecule has 1 rings (SSSR count). The van der Waals surface area contributed by atoms with Crippen molar-refractivity contribution in [2.24, 2.45) is 5.11 Å². The van der Waals surface area contributed by atoms with Crippen LogP contribution in [0.4, 0.5) is 0 Å². The Hall–Kier alpha value is -1.77. The summed E-state index contributed by atoms with van der Waals surface area (Å²) in [5.74, 6) is -0.623. The van der Waals surface area contributed by atoms with E-state index in [4.69, 9.17) is 17.1 Å². The van der Waals surface area contributed by atoms with Crippen molar-refractivity contribution in [3.63, 3.8) is 0 Å². The molecule has 0 fully saturated rings. The summed E-state index contributed by atoms with van der Waals surface area (Å²) in [5.41, 5.74) is 8.77. The number of amides is 1. The Bertz CT molecular complexity index is 405. The van der Waals surface area contributed by atoms with E-state index in [9.17, 15) is 4.79 Å². The van der Waals surface area contributed by atoms with Crippen LogP contribution in [0.2, 0.25) is 5.02 Å². The monoisotopic (exact) mass is 207 g/mol. The third-order valence-corrected chi connectivity index (χ3v) is 1.68. The van der Waals surface area contributed by atoms with Crippen molar-refractivity contribution in [3.8, 4) is 0 Å². The van der Waals surface area contributed by atoms with Gasteiger partial charge in [0.15, 0.2) is 0 Å². The van der Waals surface area contributed by atoms with Gasteiger partial charge in [-0.2, -0.15) is 0 Å². The highest BCUT2D eigenvalue weighted by atomic mass is 35.5. The molecule has 0 spiro atoms. The zero-order chi connectivity index (χ0) is 10.4. The third-order valence-electron chi connectivity index (χ3n) is 1.43. The van der Waals surface area contributed by atoms with Crippen molar-refractivity contribution < 1.29 is 4.79 Å². The molecule has 14 heavy (non-hydrogen) atoms. The van der Waals surface area contributed by atoms with Gasteiger partial charge in [0.05, 0.1) is 0 Å². The van der Waals surface area contributed by atoms with E-state index < -0.39 is 5.91 Å². The lowest BCUT2D eigenvalue weighted by molar-refractivity contribution is -0.113. The van der Waals surface area contributed by atoms with E-state index in [0.717, 1.165) is 5.56 Å². The Morgan fingerprint density at radius 1 is 1.43 bits per heavy atom. The van der Waals surface area contributed by atoms with Crippen LogP contribution in [0.25, 0.3) is 16.5 Å². The van der Waals surface area contributed by atoms with Crippen molar-refractivity contribution in [2.75, 3.05) is 0 Å². The van der Waals surface area contributed by atoms with Crippen LogP contribution in [0, 0.1) is 0 Å². The van der Waals surface area contributed by atoms with Crippen molar-refractivity contribution in [3.05, 3.63) is 51.4 Å². The molecule has 0 unspecified atom stereocenters. The summed E-state index contributed by atoms with van der Waals surface area (Å²) in [5, 5.41) is 3.51. The lowest BCUT2D eigenvalue weighted by atomic mass is 10.2. The van der Waals surface area contributed by atoms with Crippen LogP contribution in [-0.2, 0) is 4.79 Å². The molecule has 0 radical (unpaired) electrons. The molecule has 0 aliphatic heterocycles. The van der Waals surface area contributed by atoms with Gasteiger partial charge in [-0.3, -0.25) is 4.79 Å². The van der Waals surface area contributed by atoms with Gasteiger partial charge in [-0.1, -0.05) is 29.8 Å². The van der Waals surface area contributed by atoms with Gasteiger partial charge in [0.1, 0.15) is 0 Å². The molecule has 0 saturated heterocycles. The number of benzene rings is 1. The Kier molecular flexibility index (Phi) is 3.73. The maximum atomic E-state index is 10.8. The molecule has 0 N–H and O–H groups in total. The van der Waals surface area contributed by atoms with Gasteiger partial charge in [-0.05, 0) is 34.4 Å². The largest absolute Gasteiger partial charge is 0.288 e. The minimum absolute atomic E-state index is 0.623. The molecule has 0 aliphatic rings. The SMILES string of the molecule is [N-]=[N+]=NC(=O)/C=C/c1ccc(Cl)cc1. The number of carbonyl (C=O) groups excluding carboxylic acids is 1. The fourth-order valence-electron chi connectivity index (χ4n) is 0.819. The second-order valence-corrected chi connectivity index (χ2v) is 2.85. The fourth-order valence-corrected chi connectivity index (χ4v) is 0.945. The first-order valence-electron chi connectivity index (χ1n) is 3.75. The third kappa shape index (κ3) is 3.31. The second kappa shape index (κ2) is 5.07. The first-order chi connectivity index (χ1) is 6.72. The zero-order valence-electron chi connectivity index (χ0n) is 7.09. The highest BCUT2D eigenvalue weighted by molar-refractivity contribution is 6.30. The average molecular weight is 208 g/mol. The van der Waals surface area contributed by atoms with Crippen LogP contribution in [0.1, 0.15) is 5.56 Å². The van der Waals surface area contributed by atoms with Gasteiger partial charge in [-0.25, -0.2) is 0 Å². The minimum Gasteiger partial charge on any atom is -0.288 e. The van der Waals surface area contributed by atoms with E-state index in [1.807, 2.05) is 0 Å². The quantitative estimate of drug-likeness (QED) is 0.318. The van der Waals surface area contributed by atoms with Crippen LogP contribution in [0.5, 0.6) is 0 Å². The molecule has 1 aromatic carbocycles. The molecule has 0 atom stereocenters. The number of azide groups is 1. The Morgan fingerprint density at radius 2 is 2.07 bits per heavy atom. The number of halogens is 1. The lowest BCUT2D eigenvalue weighted by Crippen LogP contribution is -1.82. The number of carbonyl (C=O) groups is 1. The van der Waals surface area contributed by atoms with Gasteiger partial charge < -0.3 is 0 Å². The zero-order valence-corrected chi connectivity index (χ0v) is 7.85. The smallest absolute Gasteiger partial charge is 0.242 e. The summed E-state index contributed by atoms with van der Waals surface area (Å²) >= 11 is 5.67. The molecule has 70 valence electrons. The van der Waals surface area contributed by atoms with Gasteiger partial charge in [-0.15, -0.1) is 0 Å². The van der Waals surface area contributed by atoms with Gasteiger partial charge in [0.25, 0.3) is 0 Å². The Morgan fingerprint density at radius 3 is 2.64 bits per heavy atom. The fraction of sp³-hybridized carbons (Fsp3) is 0. The van der Waals surface area contributed by atoms with Crippen molar-refractivity contribution in [2.45, 2.75) is 0 Å². The molecule has 0 aliphatic carbocycles. The molecule has 1 aromatic rings. The maximum Gasteiger partial charge on any atom is 0.242 e. The molecule has 4 nitrogen and oxygen atoms in total. The van der Waals surface area contributed by atoms with Crippen LogP contribution in [-0.4, -0.2) is 5.91 Å².